The topological polar surface area (TPSA) is 88.8 Å². The number of fused-ring (bicyclic) bond motifs is 1. The van der Waals surface area contributed by atoms with Crippen molar-refractivity contribution in [2.45, 2.75) is 13.3 Å². The number of H-pyrrole nitrogens is 2. The van der Waals surface area contributed by atoms with Crippen molar-refractivity contribution in [1.29, 1.82) is 0 Å². The second kappa shape index (κ2) is 8.08. The van der Waals surface area contributed by atoms with Crippen LogP contribution in [0, 0.1) is 4.77 Å². The van der Waals surface area contributed by atoms with E-state index in [0.29, 0.717) is 11.2 Å². The Morgan fingerprint density at radius 1 is 1.22 bits per heavy atom. The van der Waals surface area contributed by atoms with Crippen molar-refractivity contribution in [3.63, 3.8) is 0 Å². The number of rotatable bonds is 2. The first-order valence-corrected chi connectivity index (χ1v) is 7.01. The Kier molecular flexibility index (Phi) is 8.00. The van der Waals surface area contributed by atoms with Gasteiger partial charge in [-0.3, -0.25) is 0 Å². The van der Waals surface area contributed by atoms with E-state index in [9.17, 15) is 13.0 Å². The van der Waals surface area contributed by atoms with Crippen LogP contribution < -0.4 is 29.6 Å². The smallest absolute Gasteiger partial charge is 0.748 e. The average Bonchev–Trinajstić information content (AvgIpc) is 2.56. The number of aromatic nitrogens is 2. The van der Waals surface area contributed by atoms with E-state index in [1.807, 2.05) is 24.3 Å². The van der Waals surface area contributed by atoms with Crippen LogP contribution in [0.25, 0.3) is 11.0 Å². The summed E-state index contributed by atoms with van der Waals surface area (Å²) >= 11 is 4.90. The van der Waals surface area contributed by atoms with Crippen molar-refractivity contribution in [3.05, 3.63) is 29.0 Å². The molecule has 2 rings (SSSR count). The van der Waals surface area contributed by atoms with Gasteiger partial charge in [0.05, 0.1) is 21.2 Å². The Morgan fingerprint density at radius 3 is 1.94 bits per heavy atom. The molecule has 18 heavy (non-hydrogen) atoms. The molecule has 8 heteroatoms. The molecule has 1 aromatic heterocycles. The summed E-state index contributed by atoms with van der Waals surface area (Å²) in [6.45, 7) is 1.65. The molecule has 5 nitrogen and oxygen atoms in total. The molecule has 1 aromatic carbocycles. The summed E-state index contributed by atoms with van der Waals surface area (Å²) < 4.78 is 29.7. The minimum atomic E-state index is -3.92. The molecule has 0 spiro atoms. The van der Waals surface area contributed by atoms with Crippen LogP contribution in [0.4, 0.5) is 0 Å². The van der Waals surface area contributed by atoms with Crippen LogP contribution >= 0.6 is 12.2 Å². The first-order valence-electron chi connectivity index (χ1n) is 5.03. The number of aromatic amines is 2. The van der Waals surface area contributed by atoms with Crippen LogP contribution in [0.2, 0.25) is 0 Å². The summed E-state index contributed by atoms with van der Waals surface area (Å²) in [6.07, 6.45) is 0.409. The van der Waals surface area contributed by atoms with E-state index < -0.39 is 10.1 Å². The number of benzene rings is 1. The SMILES string of the molecule is CCCS(=O)(=O)[O-].S=c1[nH]c2ccccc2[nH]1.[Na+]. The minimum Gasteiger partial charge on any atom is -0.748 e. The molecule has 2 aromatic rings. The van der Waals surface area contributed by atoms with E-state index in [0.717, 1.165) is 11.0 Å². The monoisotopic (exact) mass is 296 g/mol. The van der Waals surface area contributed by atoms with Gasteiger partial charge in [0, 0.05) is 5.75 Å². The Hall–Kier alpha value is -0.180. The van der Waals surface area contributed by atoms with Crippen molar-refractivity contribution < 1.29 is 42.5 Å². The van der Waals surface area contributed by atoms with Crippen LogP contribution in [0.3, 0.4) is 0 Å². The Balaban J connectivity index is 0.000000326. The van der Waals surface area contributed by atoms with Crippen LogP contribution in [-0.2, 0) is 10.1 Å². The third-order valence-electron chi connectivity index (χ3n) is 1.88. The van der Waals surface area contributed by atoms with Gasteiger partial charge in [-0.15, -0.1) is 0 Å². The average molecular weight is 296 g/mol. The molecule has 0 aliphatic carbocycles. The van der Waals surface area contributed by atoms with Crippen molar-refractivity contribution in [1.82, 2.24) is 9.97 Å². The number of imidazole rings is 1. The van der Waals surface area contributed by atoms with Gasteiger partial charge in [0.25, 0.3) is 0 Å². The molecular weight excluding hydrogens is 283 g/mol. The fourth-order valence-corrected chi connectivity index (χ4v) is 1.95. The van der Waals surface area contributed by atoms with Gasteiger partial charge in [0.15, 0.2) is 4.77 Å². The fraction of sp³-hybridized carbons (Fsp3) is 0.300. The molecule has 0 unspecified atom stereocenters. The number of para-hydroxylation sites is 2. The maximum Gasteiger partial charge on any atom is 1.00 e. The normalized spacial score (nSPS) is 10.3. The molecule has 0 radical (unpaired) electrons. The number of hydrogen-bond donors (Lipinski definition) is 2. The summed E-state index contributed by atoms with van der Waals surface area (Å²) in [4.78, 5) is 6.04. The summed E-state index contributed by atoms with van der Waals surface area (Å²) in [5.74, 6) is -0.243. The molecule has 0 aliphatic rings. The zero-order valence-electron chi connectivity index (χ0n) is 10.3. The van der Waals surface area contributed by atoms with E-state index >= 15 is 0 Å². The largest absolute Gasteiger partial charge is 1.00 e. The second-order valence-corrected chi connectivity index (χ2v) is 5.32. The van der Waals surface area contributed by atoms with Gasteiger partial charge in [-0.1, -0.05) is 19.1 Å². The van der Waals surface area contributed by atoms with Gasteiger partial charge < -0.3 is 14.5 Å². The maximum absolute atomic E-state index is 9.68. The molecule has 0 bridgehead atoms. The molecule has 0 saturated heterocycles. The zero-order valence-corrected chi connectivity index (χ0v) is 13.9. The maximum atomic E-state index is 9.68. The third kappa shape index (κ3) is 6.67. The predicted octanol–water partition coefficient (Wildman–Crippen LogP) is -0.829. The van der Waals surface area contributed by atoms with Crippen molar-refractivity contribution in [2.24, 2.45) is 0 Å². The van der Waals surface area contributed by atoms with Gasteiger partial charge in [0.1, 0.15) is 0 Å². The van der Waals surface area contributed by atoms with Gasteiger partial charge in [-0.05, 0) is 30.8 Å². The summed E-state index contributed by atoms with van der Waals surface area (Å²) in [7, 11) is -3.92. The third-order valence-corrected chi connectivity index (χ3v) is 2.99. The Bertz CT molecular complexity index is 598. The van der Waals surface area contributed by atoms with Gasteiger partial charge in [-0.2, -0.15) is 0 Å². The summed E-state index contributed by atoms with van der Waals surface area (Å²) in [5, 5.41) is 0. The fourth-order valence-electron chi connectivity index (χ4n) is 1.23. The van der Waals surface area contributed by atoms with Crippen LogP contribution in [0.5, 0.6) is 0 Å². The second-order valence-electron chi connectivity index (χ2n) is 3.39. The van der Waals surface area contributed by atoms with Crippen molar-refractivity contribution in [2.75, 3.05) is 5.75 Å². The molecular formula is C10H13N2NaO3S2. The van der Waals surface area contributed by atoms with Crippen LogP contribution in [0.1, 0.15) is 13.3 Å². The van der Waals surface area contributed by atoms with Crippen LogP contribution in [-0.4, -0.2) is 28.7 Å². The summed E-state index contributed by atoms with van der Waals surface area (Å²) in [6, 6.07) is 7.92. The standard InChI is InChI=1S/C7H6N2S.C3H8O3S.Na/c10-7-8-5-3-1-2-4-6(5)9-7;1-2-3-7(4,5)6;/h1-4H,(H2,8,9,10);2-3H2,1H3,(H,4,5,6);/q;;+1/p-1. The van der Waals surface area contributed by atoms with E-state index in [2.05, 4.69) is 9.97 Å². The predicted molar refractivity (Wildman–Crippen MR) is 68.3 cm³/mol. The van der Waals surface area contributed by atoms with E-state index in [1.54, 1.807) is 6.92 Å². The number of nitrogens with one attached hydrogen (secondary N) is 2. The molecule has 1 heterocycles. The van der Waals surface area contributed by atoms with Crippen molar-refractivity contribution in [3.8, 4) is 0 Å². The minimum absolute atomic E-state index is 0. The van der Waals surface area contributed by atoms with E-state index in [1.165, 1.54) is 0 Å². The molecule has 0 saturated carbocycles. The first-order chi connectivity index (χ1) is 7.92. The molecule has 0 aliphatic heterocycles. The zero-order chi connectivity index (χ0) is 12.9. The van der Waals surface area contributed by atoms with Crippen LogP contribution in [0.15, 0.2) is 24.3 Å². The Morgan fingerprint density at radius 2 is 1.67 bits per heavy atom. The van der Waals surface area contributed by atoms with Gasteiger partial charge in [0.2, 0.25) is 0 Å². The number of hydrogen-bond acceptors (Lipinski definition) is 4. The first kappa shape index (κ1) is 17.8. The van der Waals surface area contributed by atoms with Gasteiger partial charge in [-0.25, -0.2) is 8.42 Å². The molecule has 0 fully saturated rings. The van der Waals surface area contributed by atoms with Gasteiger partial charge >= 0.3 is 29.6 Å². The van der Waals surface area contributed by atoms with Crippen molar-refractivity contribution >= 4 is 33.4 Å². The summed E-state index contributed by atoms with van der Waals surface area (Å²) in [5.41, 5.74) is 2.13. The molecule has 0 atom stereocenters. The Labute approximate surface area is 133 Å². The van der Waals surface area contributed by atoms with E-state index in [4.69, 9.17) is 12.2 Å². The van der Waals surface area contributed by atoms with E-state index in [-0.39, 0.29) is 35.3 Å². The molecule has 94 valence electrons. The molecule has 0 amide bonds. The quantitative estimate of drug-likeness (QED) is 0.430. The molecule has 2 N–H and O–H groups in total.